The van der Waals surface area contributed by atoms with Gasteiger partial charge in [0.05, 0.1) is 6.04 Å². The molecule has 0 spiro atoms. The largest absolute Gasteiger partial charge is 0.332 e. The number of rotatable bonds is 4. The van der Waals surface area contributed by atoms with Crippen molar-refractivity contribution in [2.45, 2.75) is 32.9 Å². The summed E-state index contributed by atoms with van der Waals surface area (Å²) in [5, 5.41) is 0.677. The molecule has 0 bridgehead atoms. The highest BCUT2D eigenvalue weighted by Gasteiger charge is 2.23. The van der Waals surface area contributed by atoms with Gasteiger partial charge in [-0.05, 0) is 38.5 Å². The summed E-state index contributed by atoms with van der Waals surface area (Å²) in [7, 11) is 0. The van der Waals surface area contributed by atoms with Crippen LogP contribution >= 0.6 is 23.2 Å². The summed E-state index contributed by atoms with van der Waals surface area (Å²) >= 11 is 11.6. The Morgan fingerprint density at radius 3 is 2.47 bits per heavy atom. The maximum absolute atomic E-state index is 11.8. The van der Waals surface area contributed by atoms with Gasteiger partial charge in [-0.2, -0.15) is 0 Å². The molecule has 17 heavy (non-hydrogen) atoms. The molecule has 0 N–H and O–H groups in total. The van der Waals surface area contributed by atoms with E-state index < -0.39 is 0 Å². The molecule has 0 aliphatic carbocycles. The van der Waals surface area contributed by atoms with Crippen molar-refractivity contribution in [2.75, 3.05) is 5.88 Å². The van der Waals surface area contributed by atoms with Crippen LogP contribution in [0.15, 0.2) is 24.3 Å². The average Bonchev–Trinajstić information content (AvgIpc) is 2.28. The summed E-state index contributed by atoms with van der Waals surface area (Å²) in [6.45, 7) is 5.94. The lowest BCUT2D eigenvalue weighted by Crippen LogP contribution is -2.39. The van der Waals surface area contributed by atoms with Crippen molar-refractivity contribution < 1.29 is 4.79 Å². The normalized spacial score (nSPS) is 12.6. The van der Waals surface area contributed by atoms with Crippen LogP contribution in [0.4, 0.5) is 0 Å². The number of hydrogen-bond donors (Lipinski definition) is 0. The van der Waals surface area contributed by atoms with Crippen molar-refractivity contribution in [3.8, 4) is 0 Å². The predicted octanol–water partition coefficient (Wildman–Crippen LogP) is 3.88. The van der Waals surface area contributed by atoms with E-state index in [4.69, 9.17) is 23.2 Å². The highest BCUT2D eigenvalue weighted by atomic mass is 35.5. The highest BCUT2D eigenvalue weighted by molar-refractivity contribution is 6.30. The number of nitrogens with zero attached hydrogens (tertiary/aromatic N) is 1. The van der Waals surface area contributed by atoms with Gasteiger partial charge in [0, 0.05) is 11.1 Å². The van der Waals surface area contributed by atoms with Crippen LogP contribution in [0.5, 0.6) is 0 Å². The number of amides is 1. The summed E-state index contributed by atoms with van der Waals surface area (Å²) < 4.78 is 0. The molecule has 0 heterocycles. The minimum atomic E-state index is -0.0610. The third kappa shape index (κ3) is 3.62. The number of hydrogen-bond acceptors (Lipinski definition) is 1. The average molecular weight is 274 g/mol. The van der Waals surface area contributed by atoms with Gasteiger partial charge in [0.15, 0.2) is 0 Å². The Labute approximate surface area is 113 Å². The van der Waals surface area contributed by atoms with E-state index in [9.17, 15) is 4.79 Å². The van der Waals surface area contributed by atoms with Gasteiger partial charge in [0.2, 0.25) is 5.91 Å². The first-order chi connectivity index (χ1) is 7.97. The Morgan fingerprint density at radius 2 is 2.00 bits per heavy atom. The Kier molecular flexibility index (Phi) is 5.29. The van der Waals surface area contributed by atoms with Gasteiger partial charge in [-0.25, -0.2) is 0 Å². The van der Waals surface area contributed by atoms with Crippen LogP contribution in [0, 0.1) is 0 Å². The van der Waals surface area contributed by atoms with Crippen LogP contribution in [0.25, 0.3) is 0 Å². The second-order valence-corrected chi connectivity index (χ2v) is 4.96. The number of carbonyl (C=O) groups is 1. The molecule has 4 heteroatoms. The van der Waals surface area contributed by atoms with E-state index in [1.807, 2.05) is 45.0 Å². The van der Waals surface area contributed by atoms with Gasteiger partial charge in [-0.15, -0.1) is 11.6 Å². The van der Waals surface area contributed by atoms with Gasteiger partial charge in [-0.3, -0.25) is 4.79 Å². The lowest BCUT2D eigenvalue weighted by molar-refractivity contribution is -0.132. The molecule has 0 aliphatic rings. The first-order valence-electron chi connectivity index (χ1n) is 5.60. The van der Waals surface area contributed by atoms with Crippen molar-refractivity contribution in [1.29, 1.82) is 0 Å². The quantitative estimate of drug-likeness (QED) is 0.763. The maximum Gasteiger partial charge on any atom is 0.238 e. The monoisotopic (exact) mass is 273 g/mol. The number of benzene rings is 1. The molecule has 0 radical (unpaired) electrons. The van der Waals surface area contributed by atoms with Gasteiger partial charge in [0.25, 0.3) is 0 Å². The summed E-state index contributed by atoms with van der Waals surface area (Å²) in [6.07, 6.45) is 0. The Bertz CT molecular complexity index is 393. The van der Waals surface area contributed by atoms with Gasteiger partial charge in [-0.1, -0.05) is 23.7 Å². The smallest absolute Gasteiger partial charge is 0.238 e. The van der Waals surface area contributed by atoms with Gasteiger partial charge >= 0.3 is 0 Å². The third-order valence-corrected chi connectivity index (χ3v) is 3.17. The zero-order valence-corrected chi connectivity index (χ0v) is 11.8. The summed E-state index contributed by atoms with van der Waals surface area (Å²) in [6, 6.07) is 7.63. The van der Waals surface area contributed by atoms with Crippen LogP contribution in [-0.4, -0.2) is 22.7 Å². The van der Waals surface area contributed by atoms with Gasteiger partial charge < -0.3 is 4.90 Å². The first kappa shape index (κ1) is 14.3. The minimum absolute atomic E-state index is 0.00306. The molecule has 0 aliphatic heterocycles. The lowest BCUT2D eigenvalue weighted by Gasteiger charge is -2.32. The molecule has 2 nitrogen and oxygen atoms in total. The van der Waals surface area contributed by atoms with Crippen LogP contribution in [0.2, 0.25) is 5.02 Å². The number of carbonyl (C=O) groups excluding carboxylic acids is 1. The topological polar surface area (TPSA) is 20.3 Å². The molecular weight excluding hydrogens is 257 g/mol. The highest BCUT2D eigenvalue weighted by Crippen LogP contribution is 2.25. The molecule has 94 valence electrons. The lowest BCUT2D eigenvalue weighted by atomic mass is 10.1. The second-order valence-electron chi connectivity index (χ2n) is 4.26. The van der Waals surface area contributed by atoms with Gasteiger partial charge in [0.1, 0.15) is 5.88 Å². The maximum atomic E-state index is 11.8. The van der Waals surface area contributed by atoms with Crippen LogP contribution in [-0.2, 0) is 4.79 Å². The molecule has 1 rings (SSSR count). The fraction of sp³-hybridized carbons (Fsp3) is 0.462. The second kappa shape index (κ2) is 6.27. The van der Waals surface area contributed by atoms with Crippen molar-refractivity contribution in [3.63, 3.8) is 0 Å². The Morgan fingerprint density at radius 1 is 1.35 bits per heavy atom. The number of halogens is 2. The van der Waals surface area contributed by atoms with E-state index >= 15 is 0 Å². The molecule has 1 aromatic rings. The number of alkyl halides is 1. The van der Waals surface area contributed by atoms with E-state index in [2.05, 4.69) is 0 Å². The Balaban J connectivity index is 2.99. The SMILES string of the molecule is CC(C)N(C(=O)CCl)[C@@H](C)c1cccc(Cl)c1. The summed E-state index contributed by atoms with van der Waals surface area (Å²) in [5.41, 5.74) is 1.02. The first-order valence-corrected chi connectivity index (χ1v) is 6.51. The molecule has 0 saturated carbocycles. The molecule has 0 saturated heterocycles. The third-order valence-electron chi connectivity index (χ3n) is 2.71. The Hall–Kier alpha value is -0.730. The zero-order valence-electron chi connectivity index (χ0n) is 10.3. The van der Waals surface area contributed by atoms with Crippen LogP contribution < -0.4 is 0 Å². The van der Waals surface area contributed by atoms with Crippen molar-refractivity contribution in [2.24, 2.45) is 0 Å². The summed E-state index contributed by atoms with van der Waals surface area (Å²) in [4.78, 5) is 13.6. The van der Waals surface area contributed by atoms with E-state index in [1.54, 1.807) is 4.90 Å². The fourth-order valence-corrected chi connectivity index (χ4v) is 2.28. The van der Waals surface area contributed by atoms with E-state index in [0.717, 1.165) is 5.56 Å². The molecular formula is C13H17Cl2NO. The predicted molar refractivity (Wildman–Crippen MR) is 72.6 cm³/mol. The fourth-order valence-electron chi connectivity index (χ4n) is 1.95. The van der Waals surface area contributed by atoms with Crippen LogP contribution in [0.1, 0.15) is 32.4 Å². The van der Waals surface area contributed by atoms with E-state index in [0.29, 0.717) is 5.02 Å². The molecule has 1 atom stereocenters. The molecule has 1 amide bonds. The van der Waals surface area contributed by atoms with Crippen molar-refractivity contribution in [1.82, 2.24) is 4.90 Å². The van der Waals surface area contributed by atoms with E-state index in [1.165, 1.54) is 0 Å². The molecule has 0 fully saturated rings. The molecule has 0 unspecified atom stereocenters. The van der Waals surface area contributed by atoms with E-state index in [-0.39, 0.29) is 23.9 Å². The van der Waals surface area contributed by atoms with Crippen molar-refractivity contribution >= 4 is 29.1 Å². The standard InChI is InChI=1S/C13H17Cl2NO/c1-9(2)16(13(17)8-14)10(3)11-5-4-6-12(15)7-11/h4-7,9-10H,8H2,1-3H3/t10-/m0/s1. The molecule has 0 aromatic heterocycles. The minimum Gasteiger partial charge on any atom is -0.332 e. The van der Waals surface area contributed by atoms with Crippen molar-refractivity contribution in [3.05, 3.63) is 34.9 Å². The molecule has 1 aromatic carbocycles. The van der Waals surface area contributed by atoms with Crippen LogP contribution in [0.3, 0.4) is 0 Å². The summed E-state index contributed by atoms with van der Waals surface area (Å²) in [5.74, 6) is -0.0579. The zero-order chi connectivity index (χ0) is 13.0.